The van der Waals surface area contributed by atoms with Crippen molar-refractivity contribution in [2.75, 3.05) is 26.2 Å². The lowest BCUT2D eigenvalue weighted by Crippen LogP contribution is -2.48. The van der Waals surface area contributed by atoms with Gasteiger partial charge in [-0.05, 0) is 63.3 Å². The van der Waals surface area contributed by atoms with Gasteiger partial charge < -0.3 is 4.90 Å². The smallest absolute Gasteiger partial charge is 0.0606 e. The zero-order valence-corrected chi connectivity index (χ0v) is 14.7. The topological polar surface area (TPSA) is 15.6 Å². The number of dihydropyridines is 1. The zero-order valence-electron chi connectivity index (χ0n) is 14.7. The molecule has 2 unspecified atom stereocenters. The maximum absolute atomic E-state index is 5.05. The molecule has 3 aliphatic rings. The first kappa shape index (κ1) is 15.7. The zero-order chi connectivity index (χ0) is 15.7. The van der Waals surface area contributed by atoms with Gasteiger partial charge in [0.2, 0.25) is 0 Å². The van der Waals surface area contributed by atoms with Crippen LogP contribution in [-0.2, 0) is 0 Å². The molecule has 0 amide bonds. The largest absolute Gasteiger partial charge is 0.303 e. The molecule has 2 heteroatoms. The highest BCUT2D eigenvalue weighted by atomic mass is 15.1. The molecule has 0 saturated carbocycles. The van der Waals surface area contributed by atoms with E-state index in [0.29, 0.717) is 5.92 Å². The maximum Gasteiger partial charge on any atom is 0.0606 e. The van der Waals surface area contributed by atoms with Crippen LogP contribution in [-0.4, -0.2) is 36.8 Å². The number of aliphatic imine (C=N–C) groups is 1. The normalized spacial score (nSPS) is 32.6. The first-order chi connectivity index (χ1) is 10.6. The van der Waals surface area contributed by atoms with Crippen LogP contribution in [0.3, 0.4) is 0 Å². The Morgan fingerprint density at radius 1 is 1.32 bits per heavy atom. The first-order valence-corrected chi connectivity index (χ1v) is 8.95. The van der Waals surface area contributed by atoms with Gasteiger partial charge in [0.25, 0.3) is 0 Å². The molecule has 3 rings (SSSR count). The quantitative estimate of drug-likeness (QED) is 0.754. The molecule has 0 radical (unpaired) electrons. The molecule has 120 valence electrons. The molecule has 0 aromatic rings. The summed E-state index contributed by atoms with van der Waals surface area (Å²) >= 11 is 0. The maximum atomic E-state index is 5.05. The minimum atomic E-state index is 0.119. The van der Waals surface area contributed by atoms with Gasteiger partial charge in [0.15, 0.2) is 0 Å². The molecule has 2 nitrogen and oxygen atoms in total. The molecule has 0 aromatic carbocycles. The molecule has 0 aromatic heterocycles. The predicted molar refractivity (Wildman–Crippen MR) is 95.5 cm³/mol. The average Bonchev–Trinajstić information content (AvgIpc) is 2.58. The Morgan fingerprint density at radius 3 is 2.86 bits per heavy atom. The van der Waals surface area contributed by atoms with Crippen molar-refractivity contribution >= 4 is 5.71 Å². The van der Waals surface area contributed by atoms with Crippen molar-refractivity contribution in [3.63, 3.8) is 0 Å². The number of fused-ring (bicyclic) bond motifs is 1. The number of hydrogen-bond acceptors (Lipinski definition) is 2. The van der Waals surface area contributed by atoms with Gasteiger partial charge in [-0.15, -0.1) is 0 Å². The average molecular weight is 298 g/mol. The fourth-order valence-corrected chi connectivity index (χ4v) is 4.31. The Kier molecular flexibility index (Phi) is 4.40. The van der Waals surface area contributed by atoms with Gasteiger partial charge >= 0.3 is 0 Å². The van der Waals surface area contributed by atoms with Crippen LogP contribution in [0.1, 0.15) is 47.0 Å². The van der Waals surface area contributed by atoms with Gasteiger partial charge in [0.1, 0.15) is 0 Å². The highest BCUT2D eigenvalue weighted by molar-refractivity contribution is 6.10. The van der Waals surface area contributed by atoms with Gasteiger partial charge in [-0.2, -0.15) is 0 Å². The molecule has 0 spiro atoms. The lowest BCUT2D eigenvalue weighted by molar-refractivity contribution is 0.136. The number of hydrogen-bond donors (Lipinski definition) is 0. The fourth-order valence-electron chi connectivity index (χ4n) is 4.31. The summed E-state index contributed by atoms with van der Waals surface area (Å²) in [5.41, 5.74) is 5.79. The Labute approximate surface area is 135 Å². The second kappa shape index (κ2) is 6.16. The number of rotatable bonds is 3. The molecular weight excluding hydrogens is 268 g/mol. The van der Waals surface area contributed by atoms with E-state index in [-0.39, 0.29) is 5.41 Å². The predicted octanol–water partition coefficient (Wildman–Crippen LogP) is 4.40. The van der Waals surface area contributed by atoms with Crippen molar-refractivity contribution in [2.45, 2.75) is 47.0 Å². The van der Waals surface area contributed by atoms with E-state index in [9.17, 15) is 0 Å². The monoisotopic (exact) mass is 298 g/mol. The van der Waals surface area contributed by atoms with Crippen LogP contribution in [0.25, 0.3) is 0 Å². The van der Waals surface area contributed by atoms with E-state index >= 15 is 0 Å². The van der Waals surface area contributed by atoms with Crippen LogP contribution in [0.4, 0.5) is 0 Å². The Morgan fingerprint density at radius 2 is 2.14 bits per heavy atom. The summed E-state index contributed by atoms with van der Waals surface area (Å²) in [6.07, 6.45) is 10.8. The molecule has 1 fully saturated rings. The number of nitrogens with zero attached hydrogens (tertiary/aromatic N) is 2. The highest BCUT2D eigenvalue weighted by Crippen LogP contribution is 2.46. The summed E-state index contributed by atoms with van der Waals surface area (Å²) in [5.74, 6) is 0.691. The molecule has 22 heavy (non-hydrogen) atoms. The third kappa shape index (κ3) is 2.52. The van der Waals surface area contributed by atoms with Crippen molar-refractivity contribution in [3.05, 3.63) is 34.9 Å². The standard InChI is InChI=1S/C20H30N2/c1-5-16-12-17-10-9-15(3)20(4,19(17)21-13-16)18-8-7-11-22(6-2)14-18/h9-10,12,18H,5-8,11,13-14H2,1-4H3. The van der Waals surface area contributed by atoms with Crippen molar-refractivity contribution in [2.24, 2.45) is 16.3 Å². The van der Waals surface area contributed by atoms with Gasteiger partial charge in [0.05, 0.1) is 12.3 Å². The molecule has 2 atom stereocenters. The number of allylic oxidation sites excluding steroid dienone is 5. The second-order valence-electron chi connectivity index (χ2n) is 7.23. The Balaban J connectivity index is 1.94. The fraction of sp³-hybridized carbons (Fsp3) is 0.650. The van der Waals surface area contributed by atoms with Gasteiger partial charge in [-0.1, -0.05) is 37.6 Å². The van der Waals surface area contributed by atoms with Crippen molar-refractivity contribution in [3.8, 4) is 0 Å². The van der Waals surface area contributed by atoms with Crippen LogP contribution < -0.4 is 0 Å². The van der Waals surface area contributed by atoms with Crippen LogP contribution in [0.15, 0.2) is 39.9 Å². The summed E-state index contributed by atoms with van der Waals surface area (Å²) in [5, 5.41) is 0. The van der Waals surface area contributed by atoms with Gasteiger partial charge in [-0.25, -0.2) is 0 Å². The minimum absolute atomic E-state index is 0.119. The van der Waals surface area contributed by atoms with E-state index in [1.165, 1.54) is 54.9 Å². The van der Waals surface area contributed by atoms with Crippen LogP contribution >= 0.6 is 0 Å². The van der Waals surface area contributed by atoms with Gasteiger partial charge in [0, 0.05) is 12.0 Å². The summed E-state index contributed by atoms with van der Waals surface area (Å²) in [6.45, 7) is 13.8. The second-order valence-corrected chi connectivity index (χ2v) is 7.23. The lowest BCUT2D eigenvalue weighted by Gasteiger charge is -2.47. The molecule has 2 heterocycles. The molecular formula is C20H30N2. The molecule has 1 aliphatic carbocycles. The van der Waals surface area contributed by atoms with Crippen molar-refractivity contribution in [1.82, 2.24) is 4.90 Å². The van der Waals surface area contributed by atoms with E-state index in [0.717, 1.165) is 13.0 Å². The number of likely N-dealkylation sites (tertiary alicyclic amines) is 1. The number of piperidine rings is 1. The third-order valence-corrected chi connectivity index (χ3v) is 6.12. The first-order valence-electron chi connectivity index (χ1n) is 8.95. The van der Waals surface area contributed by atoms with Crippen molar-refractivity contribution < 1.29 is 0 Å². The molecule has 0 N–H and O–H groups in total. The summed E-state index contributed by atoms with van der Waals surface area (Å²) in [4.78, 5) is 7.67. The minimum Gasteiger partial charge on any atom is -0.303 e. The molecule has 2 aliphatic heterocycles. The van der Waals surface area contributed by atoms with Crippen molar-refractivity contribution in [1.29, 1.82) is 0 Å². The molecule has 0 bridgehead atoms. The summed E-state index contributed by atoms with van der Waals surface area (Å²) in [7, 11) is 0. The van der Waals surface area contributed by atoms with Crippen LogP contribution in [0.5, 0.6) is 0 Å². The van der Waals surface area contributed by atoms with E-state index in [2.05, 4.69) is 50.8 Å². The van der Waals surface area contributed by atoms with Crippen LogP contribution in [0, 0.1) is 11.3 Å². The van der Waals surface area contributed by atoms with E-state index in [4.69, 9.17) is 4.99 Å². The SMILES string of the molecule is CCC1=CC2=CC=C(C)C(C)(C3CCCN(CC)C3)C2=NC1. The summed E-state index contributed by atoms with van der Waals surface area (Å²) in [6, 6.07) is 0. The molecule has 1 saturated heterocycles. The third-order valence-electron chi connectivity index (χ3n) is 6.12. The van der Waals surface area contributed by atoms with Gasteiger partial charge in [-0.3, -0.25) is 4.99 Å². The highest BCUT2D eigenvalue weighted by Gasteiger charge is 2.44. The Hall–Kier alpha value is -1.15. The van der Waals surface area contributed by atoms with Crippen LogP contribution in [0.2, 0.25) is 0 Å². The van der Waals surface area contributed by atoms with E-state index in [1.54, 1.807) is 0 Å². The van der Waals surface area contributed by atoms with E-state index < -0.39 is 0 Å². The summed E-state index contributed by atoms with van der Waals surface area (Å²) < 4.78 is 0. The Bertz CT molecular complexity index is 564. The lowest BCUT2D eigenvalue weighted by atomic mass is 9.62. The van der Waals surface area contributed by atoms with E-state index in [1.807, 2.05) is 0 Å².